The lowest BCUT2D eigenvalue weighted by Gasteiger charge is -2.36. The molecule has 0 bridgehead atoms. The van der Waals surface area contributed by atoms with E-state index in [0.717, 1.165) is 25.1 Å². The van der Waals surface area contributed by atoms with Gasteiger partial charge in [0.2, 0.25) is 0 Å². The lowest BCUT2D eigenvalue weighted by Crippen LogP contribution is -2.34. The van der Waals surface area contributed by atoms with Crippen molar-refractivity contribution < 1.29 is 9.53 Å². The maximum atomic E-state index is 12.2. The molecule has 5 nitrogen and oxygen atoms in total. The highest BCUT2D eigenvalue weighted by atomic mass is 16.6. The summed E-state index contributed by atoms with van der Waals surface area (Å²) >= 11 is 0. The Morgan fingerprint density at radius 1 is 1.19 bits per heavy atom. The number of ether oxygens (including phenoxy) is 1. The number of hydrogen-bond acceptors (Lipinski definition) is 4. The van der Waals surface area contributed by atoms with Gasteiger partial charge in [0.25, 0.3) is 0 Å². The molecule has 3 rings (SSSR count). The zero-order valence-corrected chi connectivity index (χ0v) is 16.4. The Labute approximate surface area is 161 Å². The number of nitrogens with zero attached hydrogens (tertiary/aromatic N) is 2. The van der Waals surface area contributed by atoms with Gasteiger partial charge < -0.3 is 4.74 Å². The lowest BCUT2D eigenvalue weighted by molar-refractivity contribution is 0.0634. The highest BCUT2D eigenvalue weighted by Gasteiger charge is 2.27. The number of carbonyl (C=O) groups excluding carboxylic acids is 1. The topological polar surface area (TPSA) is 54.5 Å². The molecule has 1 fully saturated rings. The summed E-state index contributed by atoms with van der Waals surface area (Å²) in [5, 5.41) is 2.85. The van der Waals surface area contributed by atoms with Gasteiger partial charge in [-0.05, 0) is 51.8 Å². The van der Waals surface area contributed by atoms with E-state index in [1.54, 1.807) is 6.20 Å². The summed E-state index contributed by atoms with van der Waals surface area (Å²) in [6.07, 6.45) is 4.67. The second kappa shape index (κ2) is 8.53. The molecule has 1 saturated heterocycles. The number of benzene rings is 1. The van der Waals surface area contributed by atoms with Gasteiger partial charge in [-0.1, -0.05) is 42.8 Å². The van der Waals surface area contributed by atoms with Gasteiger partial charge >= 0.3 is 6.09 Å². The summed E-state index contributed by atoms with van der Waals surface area (Å²) in [6.45, 7) is 7.50. The monoisotopic (exact) mass is 367 g/mol. The van der Waals surface area contributed by atoms with Crippen LogP contribution in [0.15, 0.2) is 48.7 Å². The van der Waals surface area contributed by atoms with Gasteiger partial charge in [-0.3, -0.25) is 10.2 Å². The summed E-state index contributed by atoms with van der Waals surface area (Å²) in [7, 11) is 0. The minimum atomic E-state index is -0.538. The Morgan fingerprint density at radius 2 is 1.96 bits per heavy atom. The Bertz CT molecular complexity index is 756. The van der Waals surface area contributed by atoms with Crippen LogP contribution in [-0.2, 0) is 11.3 Å². The van der Waals surface area contributed by atoms with Crippen LogP contribution in [0.3, 0.4) is 0 Å². The van der Waals surface area contributed by atoms with Crippen LogP contribution >= 0.6 is 0 Å². The molecule has 1 aromatic heterocycles. The van der Waals surface area contributed by atoms with Crippen molar-refractivity contribution in [1.29, 1.82) is 0 Å². The largest absolute Gasteiger partial charge is 0.444 e. The van der Waals surface area contributed by atoms with Crippen molar-refractivity contribution in [2.75, 3.05) is 11.9 Å². The molecule has 27 heavy (non-hydrogen) atoms. The third-order valence-electron chi connectivity index (χ3n) is 4.66. The number of piperidine rings is 1. The highest BCUT2D eigenvalue weighted by molar-refractivity contribution is 5.84. The minimum Gasteiger partial charge on any atom is -0.444 e. The highest BCUT2D eigenvalue weighted by Crippen LogP contribution is 2.35. The molecule has 1 aromatic carbocycles. The summed E-state index contributed by atoms with van der Waals surface area (Å²) in [6, 6.07) is 14.8. The van der Waals surface area contributed by atoms with Crippen LogP contribution in [0.2, 0.25) is 0 Å². The first-order chi connectivity index (χ1) is 12.9. The molecular weight excluding hydrogens is 338 g/mol. The molecule has 1 atom stereocenters. The van der Waals surface area contributed by atoms with Crippen LogP contribution in [0.1, 0.15) is 57.2 Å². The van der Waals surface area contributed by atoms with E-state index < -0.39 is 11.7 Å². The minimum absolute atomic E-state index is 0.234. The lowest BCUT2D eigenvalue weighted by atomic mass is 9.95. The zero-order chi connectivity index (χ0) is 19.3. The van der Waals surface area contributed by atoms with Crippen LogP contribution in [0.5, 0.6) is 0 Å². The first-order valence-corrected chi connectivity index (χ1v) is 9.65. The summed E-state index contributed by atoms with van der Waals surface area (Å²) in [4.78, 5) is 19.2. The molecule has 2 heterocycles. The standard InChI is InChI=1S/C22H29N3O2/c1-22(2,3)27-21(26)24-20-18(12-9-14-23-20)19-13-7-8-15-25(19)16-17-10-5-4-6-11-17/h4-6,9-12,14,19H,7-8,13,15-16H2,1-3H3,(H,23,24,26)/t19-/m1/s1. The van der Waals surface area contributed by atoms with Crippen LogP contribution in [0, 0.1) is 0 Å². The fourth-order valence-electron chi connectivity index (χ4n) is 3.54. The van der Waals surface area contributed by atoms with Gasteiger partial charge in [0.1, 0.15) is 11.4 Å². The third kappa shape index (κ3) is 5.54. The number of hydrogen-bond donors (Lipinski definition) is 1. The van der Waals surface area contributed by atoms with Gasteiger partial charge in [0.05, 0.1) is 0 Å². The van der Waals surface area contributed by atoms with Crippen molar-refractivity contribution in [1.82, 2.24) is 9.88 Å². The molecule has 0 aliphatic carbocycles. The summed E-state index contributed by atoms with van der Waals surface area (Å²) in [5.41, 5.74) is 1.82. The predicted molar refractivity (Wildman–Crippen MR) is 108 cm³/mol. The number of carbonyl (C=O) groups is 1. The Hall–Kier alpha value is -2.40. The average molecular weight is 367 g/mol. The molecule has 2 aromatic rings. The molecule has 0 saturated carbocycles. The molecule has 5 heteroatoms. The average Bonchev–Trinajstić information content (AvgIpc) is 2.62. The van der Waals surface area contributed by atoms with Crippen LogP contribution < -0.4 is 5.32 Å². The quantitative estimate of drug-likeness (QED) is 0.811. The molecule has 144 valence electrons. The van der Waals surface area contributed by atoms with E-state index >= 15 is 0 Å². The van der Waals surface area contributed by atoms with E-state index in [2.05, 4.69) is 45.5 Å². The summed E-state index contributed by atoms with van der Waals surface area (Å²) < 4.78 is 5.40. The number of nitrogens with one attached hydrogen (secondary N) is 1. The van der Waals surface area contributed by atoms with Crippen molar-refractivity contribution in [3.63, 3.8) is 0 Å². The van der Waals surface area contributed by atoms with Gasteiger partial charge in [0, 0.05) is 24.3 Å². The Kier molecular flexibility index (Phi) is 6.11. The maximum Gasteiger partial charge on any atom is 0.413 e. The number of anilines is 1. The molecule has 0 unspecified atom stereocenters. The van der Waals surface area contributed by atoms with E-state index in [-0.39, 0.29) is 6.04 Å². The summed E-state index contributed by atoms with van der Waals surface area (Å²) in [5.74, 6) is 0.594. The molecule has 1 amide bonds. The van der Waals surface area contributed by atoms with E-state index in [1.807, 2.05) is 32.9 Å². The number of likely N-dealkylation sites (tertiary alicyclic amines) is 1. The second-order valence-electron chi connectivity index (χ2n) is 8.04. The number of pyridine rings is 1. The predicted octanol–water partition coefficient (Wildman–Crippen LogP) is 5.16. The van der Waals surface area contributed by atoms with E-state index in [0.29, 0.717) is 5.82 Å². The molecule has 0 spiro atoms. The first kappa shape index (κ1) is 19.4. The molecule has 1 aliphatic heterocycles. The van der Waals surface area contributed by atoms with E-state index in [1.165, 1.54) is 18.4 Å². The number of rotatable bonds is 4. The van der Waals surface area contributed by atoms with Crippen molar-refractivity contribution in [3.05, 3.63) is 59.8 Å². The SMILES string of the molecule is CC(C)(C)OC(=O)Nc1ncccc1[C@H]1CCCCN1Cc1ccccc1. The maximum absolute atomic E-state index is 12.2. The van der Waals surface area contributed by atoms with Gasteiger partial charge in [-0.15, -0.1) is 0 Å². The zero-order valence-electron chi connectivity index (χ0n) is 16.4. The third-order valence-corrected chi connectivity index (χ3v) is 4.66. The molecule has 1 aliphatic rings. The van der Waals surface area contributed by atoms with Crippen LogP contribution in [-0.4, -0.2) is 28.1 Å². The smallest absolute Gasteiger partial charge is 0.413 e. The van der Waals surface area contributed by atoms with Gasteiger partial charge in [-0.25, -0.2) is 9.78 Å². The normalized spacial score (nSPS) is 18.1. The van der Waals surface area contributed by atoms with Crippen LogP contribution in [0.25, 0.3) is 0 Å². The van der Waals surface area contributed by atoms with E-state index in [9.17, 15) is 4.79 Å². The van der Waals surface area contributed by atoms with Crippen molar-refractivity contribution >= 4 is 11.9 Å². The van der Waals surface area contributed by atoms with Crippen molar-refractivity contribution in [2.24, 2.45) is 0 Å². The number of aromatic nitrogens is 1. The fourth-order valence-corrected chi connectivity index (χ4v) is 3.54. The molecule has 1 N–H and O–H groups in total. The fraction of sp³-hybridized carbons (Fsp3) is 0.455. The van der Waals surface area contributed by atoms with E-state index in [4.69, 9.17) is 4.74 Å². The van der Waals surface area contributed by atoms with Crippen molar-refractivity contribution in [3.8, 4) is 0 Å². The van der Waals surface area contributed by atoms with Gasteiger partial charge in [0.15, 0.2) is 0 Å². The van der Waals surface area contributed by atoms with Gasteiger partial charge in [-0.2, -0.15) is 0 Å². The van der Waals surface area contributed by atoms with Crippen molar-refractivity contribution in [2.45, 2.75) is 58.2 Å². The molecular formula is C22H29N3O2. The number of amides is 1. The first-order valence-electron chi connectivity index (χ1n) is 9.65. The van der Waals surface area contributed by atoms with Crippen LogP contribution in [0.4, 0.5) is 10.6 Å². The molecule has 0 radical (unpaired) electrons. The Balaban J connectivity index is 1.80. The second-order valence-corrected chi connectivity index (χ2v) is 8.04. The Morgan fingerprint density at radius 3 is 2.70 bits per heavy atom.